The average Bonchev–Trinajstić information content (AvgIpc) is 4.10. The molecular formula is C55H66N8O8S. The molecule has 0 spiro atoms. The van der Waals surface area contributed by atoms with E-state index in [1.165, 1.54) is 4.90 Å². The van der Waals surface area contributed by atoms with Crippen LogP contribution >= 0.6 is 11.3 Å². The smallest absolute Gasteiger partial charge is 0.246 e. The summed E-state index contributed by atoms with van der Waals surface area (Å²) >= 11 is 1.57. The van der Waals surface area contributed by atoms with Gasteiger partial charge in [0.1, 0.15) is 12.1 Å². The normalized spacial score (nSPS) is 17.9. The Morgan fingerprint density at radius 2 is 1.69 bits per heavy atom. The Morgan fingerprint density at radius 3 is 2.35 bits per heavy atom. The van der Waals surface area contributed by atoms with Crippen molar-refractivity contribution in [1.29, 1.82) is 5.26 Å². The van der Waals surface area contributed by atoms with Crippen molar-refractivity contribution in [1.82, 2.24) is 30.4 Å². The number of rotatable bonds is 17. The van der Waals surface area contributed by atoms with Crippen molar-refractivity contribution < 1.29 is 38.6 Å². The van der Waals surface area contributed by atoms with Gasteiger partial charge in [0.25, 0.3) is 0 Å². The van der Waals surface area contributed by atoms with Gasteiger partial charge in [-0.05, 0) is 65.3 Å². The maximum Gasteiger partial charge on any atom is 0.246 e. The molecule has 16 nitrogen and oxygen atoms in total. The lowest BCUT2D eigenvalue weighted by molar-refractivity contribution is -0.144. The summed E-state index contributed by atoms with van der Waals surface area (Å²) in [5.41, 5.74) is 10.2. The number of ketones is 1. The summed E-state index contributed by atoms with van der Waals surface area (Å²) < 4.78 is 11.4. The van der Waals surface area contributed by atoms with E-state index in [2.05, 4.69) is 64.5 Å². The van der Waals surface area contributed by atoms with E-state index in [9.17, 15) is 34.3 Å². The molecule has 2 aliphatic heterocycles. The van der Waals surface area contributed by atoms with Gasteiger partial charge in [-0.25, -0.2) is 4.98 Å². The standard InChI is InChI=1S/C55H66N8O8S/c1-8-36-26-40-41(55(6,7)50-47(48(40)67)39-14-11-35(29-56)25-42(39)59-50)28-43(36)61-17-19-62(20-18-61)46(66)16-22-71-24-23-70-21-15-45(65)60-51(54(3,4)5)53(69)63-31-38(64)27-44(63)52(68)57-30-34-9-12-37(13-10-34)49-33(2)58-32-72-49/h9-14,25-26,28,32,38,44,51,59,64H,8,15-24,27,30-31H2,1-7H3,(H,57,68)(H,60,65)/t38-,44+,51-/m1/s1. The van der Waals surface area contributed by atoms with Crippen LogP contribution in [0.3, 0.4) is 0 Å². The molecular weight excluding hydrogens is 933 g/mol. The Morgan fingerprint density at radius 1 is 0.986 bits per heavy atom. The minimum absolute atomic E-state index is 0.00472. The van der Waals surface area contributed by atoms with Crippen LogP contribution in [0.4, 0.5) is 5.69 Å². The number of ether oxygens (including phenoxy) is 2. The molecule has 380 valence electrons. The first kappa shape index (κ1) is 51.9. The highest BCUT2D eigenvalue weighted by molar-refractivity contribution is 7.13. The zero-order chi connectivity index (χ0) is 51.5. The summed E-state index contributed by atoms with van der Waals surface area (Å²) in [5, 5.41) is 26.7. The number of amides is 4. The number of carbonyl (C=O) groups is 5. The largest absolute Gasteiger partial charge is 0.391 e. The van der Waals surface area contributed by atoms with E-state index in [-0.39, 0.29) is 82.3 Å². The van der Waals surface area contributed by atoms with Crippen molar-refractivity contribution in [3.8, 4) is 16.5 Å². The Kier molecular flexibility index (Phi) is 15.7. The number of aryl methyl sites for hydroxylation is 2. The SMILES string of the molecule is CCc1cc2c(cc1N1CCN(C(=O)CCOCCOCCC(=O)N[C@H](C(=O)N3C[C@H](O)C[C@H]3C(=O)NCc3ccc(-c4scnc4C)cc3)C(C)(C)C)CC1)C(C)(C)c1[nH]c3cc(C#N)ccc3c1C2=O. The summed E-state index contributed by atoms with van der Waals surface area (Å²) in [6, 6.07) is 17.8. The summed E-state index contributed by atoms with van der Waals surface area (Å²) in [4.78, 5) is 82.4. The second-order valence-electron chi connectivity index (χ2n) is 20.6. The number of anilines is 1. The molecule has 5 aromatic rings. The highest BCUT2D eigenvalue weighted by Gasteiger charge is 2.45. The number of carbonyl (C=O) groups excluding carboxylic acids is 5. The zero-order valence-corrected chi connectivity index (χ0v) is 43.2. The van der Waals surface area contributed by atoms with Gasteiger partial charge in [0.15, 0.2) is 5.78 Å². The van der Waals surface area contributed by atoms with Gasteiger partial charge < -0.3 is 44.9 Å². The molecule has 1 aliphatic carbocycles. The van der Waals surface area contributed by atoms with Crippen molar-refractivity contribution in [2.24, 2.45) is 5.41 Å². The molecule has 2 fully saturated rings. The van der Waals surface area contributed by atoms with E-state index in [0.29, 0.717) is 42.9 Å². The number of likely N-dealkylation sites (tertiary alicyclic amines) is 1. The minimum atomic E-state index is -0.953. The molecule has 0 saturated carbocycles. The van der Waals surface area contributed by atoms with Crippen LogP contribution in [0, 0.1) is 23.7 Å². The third kappa shape index (κ3) is 11.0. The van der Waals surface area contributed by atoms with Gasteiger partial charge in [-0.3, -0.25) is 24.0 Å². The van der Waals surface area contributed by atoms with Crippen LogP contribution in [0.15, 0.2) is 60.1 Å². The predicted octanol–water partition coefficient (Wildman–Crippen LogP) is 6.18. The van der Waals surface area contributed by atoms with Crippen molar-refractivity contribution in [2.45, 2.75) is 104 Å². The van der Waals surface area contributed by atoms with E-state index in [0.717, 1.165) is 61.5 Å². The Balaban J connectivity index is 0.746. The maximum atomic E-state index is 14.1. The molecule has 3 atom stereocenters. The molecule has 3 aromatic carbocycles. The topological polar surface area (TPSA) is 210 Å². The molecule has 4 heterocycles. The molecule has 4 amide bonds. The van der Waals surface area contributed by atoms with Gasteiger partial charge in [0.2, 0.25) is 23.6 Å². The van der Waals surface area contributed by atoms with E-state index in [4.69, 9.17) is 9.47 Å². The number of nitrogens with zero attached hydrogens (tertiary/aromatic N) is 5. The molecule has 0 unspecified atom stereocenters. The quantitative estimate of drug-likeness (QED) is 0.0774. The van der Waals surface area contributed by atoms with Crippen molar-refractivity contribution >= 4 is 57.3 Å². The fourth-order valence-electron chi connectivity index (χ4n) is 10.2. The number of aliphatic hydroxyl groups excluding tert-OH is 1. The maximum absolute atomic E-state index is 14.1. The second-order valence-corrected chi connectivity index (χ2v) is 21.5. The van der Waals surface area contributed by atoms with Crippen molar-refractivity contribution in [3.63, 3.8) is 0 Å². The number of hydrogen-bond donors (Lipinski definition) is 4. The summed E-state index contributed by atoms with van der Waals surface area (Å²) in [7, 11) is 0. The van der Waals surface area contributed by atoms with Crippen LogP contribution in [0.1, 0.15) is 110 Å². The van der Waals surface area contributed by atoms with E-state index in [1.807, 2.05) is 68.4 Å². The van der Waals surface area contributed by atoms with Crippen LogP contribution < -0.4 is 15.5 Å². The third-order valence-corrected chi connectivity index (χ3v) is 15.3. The predicted molar refractivity (Wildman–Crippen MR) is 276 cm³/mol. The first-order chi connectivity index (χ1) is 34.4. The van der Waals surface area contributed by atoms with E-state index in [1.54, 1.807) is 23.5 Å². The van der Waals surface area contributed by atoms with Crippen LogP contribution in [-0.2, 0) is 47.0 Å². The molecule has 8 rings (SSSR count). The van der Waals surface area contributed by atoms with Gasteiger partial charge in [-0.2, -0.15) is 5.26 Å². The number of β-amino-alcohol motifs (C(OH)–C–C–N with tert-alkyl or cyclic N) is 1. The molecule has 0 radical (unpaired) electrons. The van der Waals surface area contributed by atoms with Crippen LogP contribution in [0.5, 0.6) is 0 Å². The van der Waals surface area contributed by atoms with Crippen LogP contribution in [-0.4, -0.2) is 132 Å². The van der Waals surface area contributed by atoms with Gasteiger partial charge in [-0.15, -0.1) is 11.3 Å². The van der Waals surface area contributed by atoms with Crippen LogP contribution in [0.25, 0.3) is 21.3 Å². The number of aliphatic hydroxyl groups is 1. The molecule has 72 heavy (non-hydrogen) atoms. The highest BCUT2D eigenvalue weighted by Crippen LogP contribution is 2.46. The van der Waals surface area contributed by atoms with Crippen molar-refractivity contribution in [3.05, 3.63) is 105 Å². The van der Waals surface area contributed by atoms with Crippen molar-refractivity contribution in [2.75, 3.05) is 64.1 Å². The number of benzene rings is 3. The van der Waals surface area contributed by atoms with E-state index >= 15 is 0 Å². The average molecular weight is 999 g/mol. The number of thiazole rings is 1. The lowest BCUT2D eigenvalue weighted by atomic mass is 9.70. The van der Waals surface area contributed by atoms with Crippen LogP contribution in [0.2, 0.25) is 0 Å². The molecule has 17 heteroatoms. The highest BCUT2D eigenvalue weighted by atomic mass is 32.1. The van der Waals surface area contributed by atoms with Gasteiger partial charge in [-0.1, -0.05) is 71.9 Å². The molecule has 2 saturated heterocycles. The lowest BCUT2D eigenvalue weighted by Crippen LogP contribution is -2.57. The number of hydrogen-bond acceptors (Lipinski definition) is 12. The Bertz CT molecular complexity index is 2890. The number of H-pyrrole nitrogens is 1. The summed E-state index contributed by atoms with van der Waals surface area (Å²) in [6.45, 7) is 17.3. The van der Waals surface area contributed by atoms with Gasteiger partial charge in [0, 0.05) is 85.4 Å². The molecule has 3 aliphatic rings. The number of nitrogens with one attached hydrogen (secondary N) is 3. The number of fused-ring (bicyclic) bond motifs is 4. The number of aromatic amines is 1. The first-order valence-electron chi connectivity index (χ1n) is 24.9. The second kappa shape index (κ2) is 21.7. The molecule has 4 N–H and O–H groups in total. The Labute approximate surface area is 425 Å². The fraction of sp³-hybridized carbons (Fsp3) is 0.473. The lowest BCUT2D eigenvalue weighted by Gasteiger charge is -2.39. The zero-order valence-electron chi connectivity index (χ0n) is 42.4. The number of aromatic nitrogens is 2. The van der Waals surface area contributed by atoms with Gasteiger partial charge in [0.05, 0.1) is 72.2 Å². The number of nitriles is 1. The monoisotopic (exact) mass is 998 g/mol. The third-order valence-electron chi connectivity index (χ3n) is 14.3. The summed E-state index contributed by atoms with van der Waals surface area (Å²) in [6.07, 6.45) is 0.182. The fourth-order valence-corrected chi connectivity index (χ4v) is 11.0. The minimum Gasteiger partial charge on any atom is -0.391 e. The molecule has 0 bridgehead atoms. The Hall–Kier alpha value is -6.45. The van der Waals surface area contributed by atoms with E-state index < -0.39 is 34.9 Å². The summed E-state index contributed by atoms with van der Waals surface area (Å²) in [5.74, 6) is -1.20. The van der Waals surface area contributed by atoms with Gasteiger partial charge >= 0.3 is 0 Å². The number of piperazine rings is 1. The molecule has 2 aromatic heterocycles. The first-order valence-corrected chi connectivity index (χ1v) is 25.8.